The Labute approximate surface area is 215 Å². The smallest absolute Gasteiger partial charge is 0.327 e. The molecule has 196 valence electrons. The molecule has 10 nitrogen and oxygen atoms in total. The van der Waals surface area contributed by atoms with E-state index in [9.17, 15) is 29.4 Å². The van der Waals surface area contributed by atoms with Crippen LogP contribution in [0.25, 0.3) is 0 Å². The minimum absolute atomic E-state index is 0.0308. The van der Waals surface area contributed by atoms with Crippen LogP contribution in [0.2, 0.25) is 0 Å². The van der Waals surface area contributed by atoms with Gasteiger partial charge in [-0.25, -0.2) is 4.79 Å². The monoisotopic (exact) mass is 528 g/mol. The lowest BCUT2D eigenvalue weighted by atomic mass is 10.0. The Morgan fingerprint density at radius 3 is 2.03 bits per heavy atom. The van der Waals surface area contributed by atoms with Crippen molar-refractivity contribution in [2.45, 2.75) is 57.3 Å². The number of aliphatic carboxylic acids is 1. The van der Waals surface area contributed by atoms with Gasteiger partial charge >= 0.3 is 5.97 Å². The summed E-state index contributed by atoms with van der Waals surface area (Å²) < 4.78 is 0. The van der Waals surface area contributed by atoms with Crippen LogP contribution in [0, 0.1) is 5.92 Å². The van der Waals surface area contributed by atoms with Crippen molar-refractivity contribution in [3.05, 3.63) is 29.8 Å². The summed E-state index contributed by atoms with van der Waals surface area (Å²) in [5, 5.41) is 26.3. The van der Waals surface area contributed by atoms with E-state index in [1.807, 2.05) is 20.1 Å². The first-order chi connectivity index (χ1) is 16.5. The lowest BCUT2D eigenvalue weighted by Gasteiger charge is -2.26. The van der Waals surface area contributed by atoms with Crippen LogP contribution in [0.4, 0.5) is 0 Å². The number of phenols is 1. The number of amides is 3. The molecule has 0 aromatic heterocycles. The van der Waals surface area contributed by atoms with Crippen LogP contribution in [0.5, 0.6) is 5.75 Å². The van der Waals surface area contributed by atoms with Crippen LogP contribution < -0.4 is 21.7 Å². The number of carbonyl (C=O) groups is 4. The van der Waals surface area contributed by atoms with Gasteiger partial charge in [-0.1, -0.05) is 26.0 Å². The van der Waals surface area contributed by atoms with Gasteiger partial charge in [0.05, 0.1) is 6.04 Å². The lowest BCUT2D eigenvalue weighted by molar-refractivity contribution is -0.141. The highest BCUT2D eigenvalue weighted by atomic mass is 32.2. The van der Waals surface area contributed by atoms with Gasteiger partial charge in [0.2, 0.25) is 17.7 Å². The average molecular weight is 529 g/mol. The summed E-state index contributed by atoms with van der Waals surface area (Å²) in [7, 11) is 0. The van der Waals surface area contributed by atoms with Crippen molar-refractivity contribution >= 4 is 48.1 Å². The van der Waals surface area contributed by atoms with Crippen molar-refractivity contribution in [1.29, 1.82) is 0 Å². The highest BCUT2D eigenvalue weighted by Crippen LogP contribution is 2.12. The molecule has 1 aromatic rings. The summed E-state index contributed by atoms with van der Waals surface area (Å²) in [6.45, 7) is 3.74. The third-order valence-electron chi connectivity index (χ3n) is 5.11. The van der Waals surface area contributed by atoms with Crippen LogP contribution in [-0.4, -0.2) is 75.8 Å². The predicted octanol–water partition coefficient (Wildman–Crippen LogP) is 0.530. The third-order valence-corrected chi connectivity index (χ3v) is 6.12. The third kappa shape index (κ3) is 11.2. The molecule has 3 amide bonds. The minimum atomic E-state index is -1.23. The number of benzene rings is 1. The van der Waals surface area contributed by atoms with E-state index < -0.39 is 47.9 Å². The Morgan fingerprint density at radius 1 is 0.971 bits per heavy atom. The maximum absolute atomic E-state index is 13.1. The molecule has 0 aliphatic carbocycles. The first kappa shape index (κ1) is 30.6. The number of hydrogen-bond donors (Lipinski definition) is 7. The van der Waals surface area contributed by atoms with Gasteiger partial charge in [0, 0.05) is 5.75 Å². The molecule has 0 heterocycles. The van der Waals surface area contributed by atoms with Crippen LogP contribution in [0.1, 0.15) is 32.3 Å². The van der Waals surface area contributed by atoms with Gasteiger partial charge in [-0.15, -0.1) is 0 Å². The summed E-state index contributed by atoms with van der Waals surface area (Å²) >= 11 is 5.45. The van der Waals surface area contributed by atoms with Crippen molar-refractivity contribution in [1.82, 2.24) is 16.0 Å². The first-order valence-electron chi connectivity index (χ1n) is 11.3. The Morgan fingerprint density at radius 2 is 1.51 bits per heavy atom. The number of hydrogen-bond acceptors (Lipinski definition) is 8. The number of carbonyl (C=O) groups excluding carboxylic acids is 3. The zero-order valence-corrected chi connectivity index (χ0v) is 21.9. The second-order valence-corrected chi connectivity index (χ2v) is 9.94. The van der Waals surface area contributed by atoms with Crippen molar-refractivity contribution in [2.24, 2.45) is 11.7 Å². The second-order valence-electron chi connectivity index (χ2n) is 8.59. The molecule has 1 aromatic carbocycles. The van der Waals surface area contributed by atoms with Crippen molar-refractivity contribution < 1.29 is 29.4 Å². The molecule has 7 N–H and O–H groups in total. The van der Waals surface area contributed by atoms with E-state index in [4.69, 9.17) is 5.73 Å². The van der Waals surface area contributed by atoms with E-state index in [0.29, 0.717) is 12.2 Å². The molecule has 4 unspecified atom stereocenters. The maximum Gasteiger partial charge on any atom is 0.327 e. The summed E-state index contributed by atoms with van der Waals surface area (Å²) in [6, 6.07) is 2.28. The van der Waals surface area contributed by atoms with E-state index >= 15 is 0 Å². The quantitative estimate of drug-likeness (QED) is 0.162. The van der Waals surface area contributed by atoms with Gasteiger partial charge in [0.25, 0.3) is 0 Å². The largest absolute Gasteiger partial charge is 0.508 e. The fourth-order valence-corrected chi connectivity index (χ4v) is 3.91. The van der Waals surface area contributed by atoms with Crippen molar-refractivity contribution in [2.75, 3.05) is 17.8 Å². The molecule has 0 aliphatic heterocycles. The molecule has 0 saturated carbocycles. The predicted molar refractivity (Wildman–Crippen MR) is 140 cm³/mol. The summed E-state index contributed by atoms with van der Waals surface area (Å²) in [5.41, 5.74) is 6.79. The molecule has 12 heteroatoms. The van der Waals surface area contributed by atoms with E-state index in [1.54, 1.807) is 12.1 Å². The molecule has 0 fully saturated rings. The molecule has 4 atom stereocenters. The lowest BCUT2D eigenvalue weighted by Crippen LogP contribution is -2.57. The number of carboxylic acid groups (broad SMARTS) is 1. The number of aromatic hydroxyl groups is 1. The topological polar surface area (TPSA) is 171 Å². The highest BCUT2D eigenvalue weighted by Gasteiger charge is 2.30. The van der Waals surface area contributed by atoms with Gasteiger partial charge in [-0.3, -0.25) is 14.4 Å². The number of rotatable bonds is 15. The zero-order valence-electron chi connectivity index (χ0n) is 20.2. The van der Waals surface area contributed by atoms with Gasteiger partial charge < -0.3 is 31.9 Å². The fourth-order valence-electron chi connectivity index (χ4n) is 3.19. The molecular weight excluding hydrogens is 492 g/mol. The molecule has 0 spiro atoms. The highest BCUT2D eigenvalue weighted by molar-refractivity contribution is 7.98. The second kappa shape index (κ2) is 15.5. The molecule has 0 saturated heterocycles. The van der Waals surface area contributed by atoms with Crippen LogP contribution in [0.15, 0.2) is 24.3 Å². The van der Waals surface area contributed by atoms with E-state index in [2.05, 4.69) is 28.6 Å². The fraction of sp³-hybridized carbons (Fsp3) is 0.565. The van der Waals surface area contributed by atoms with Gasteiger partial charge in [-0.05, 0) is 54.9 Å². The zero-order chi connectivity index (χ0) is 26.5. The van der Waals surface area contributed by atoms with E-state index in [-0.39, 0.29) is 30.3 Å². The number of phenolic OH excluding ortho intramolecular Hbond substituents is 1. The number of nitrogens with one attached hydrogen (secondary N) is 3. The molecular formula is C23H36N4O6S2. The van der Waals surface area contributed by atoms with Gasteiger partial charge in [-0.2, -0.15) is 24.4 Å². The number of thioether (sulfide) groups is 1. The normalized spacial score (nSPS) is 14.5. The van der Waals surface area contributed by atoms with E-state index in [0.717, 1.165) is 5.56 Å². The SMILES string of the molecule is CSCCC(NC(=O)C(N)Cc1ccc(O)cc1)C(=O)NC(CC(C)C)C(=O)NC(CS)C(=O)O. The molecule has 0 aliphatic rings. The Bertz CT molecular complexity index is 853. The molecule has 1 rings (SSSR count). The Balaban J connectivity index is 2.91. The number of carboxylic acids is 1. The van der Waals surface area contributed by atoms with Crippen molar-refractivity contribution in [3.8, 4) is 5.75 Å². The Kier molecular flexibility index (Phi) is 13.6. The van der Waals surface area contributed by atoms with Gasteiger partial charge in [0.15, 0.2) is 0 Å². The first-order valence-corrected chi connectivity index (χ1v) is 13.3. The molecule has 0 radical (unpaired) electrons. The Hall–Kier alpha value is -2.44. The summed E-state index contributed by atoms with van der Waals surface area (Å²) in [6.07, 6.45) is 2.67. The number of nitrogens with two attached hydrogens (primary N) is 1. The molecule has 0 bridgehead atoms. The summed E-state index contributed by atoms with van der Waals surface area (Å²) in [4.78, 5) is 49.8. The average Bonchev–Trinajstić information content (AvgIpc) is 2.80. The van der Waals surface area contributed by atoms with Crippen LogP contribution in [-0.2, 0) is 25.6 Å². The van der Waals surface area contributed by atoms with Crippen LogP contribution >= 0.6 is 24.4 Å². The number of thiol groups is 1. The van der Waals surface area contributed by atoms with Crippen LogP contribution in [0.3, 0.4) is 0 Å². The van der Waals surface area contributed by atoms with Gasteiger partial charge in [0.1, 0.15) is 23.9 Å². The maximum atomic E-state index is 13.1. The van der Waals surface area contributed by atoms with E-state index in [1.165, 1.54) is 23.9 Å². The molecule has 35 heavy (non-hydrogen) atoms. The summed E-state index contributed by atoms with van der Waals surface area (Å²) in [5.74, 6) is -2.33. The standard InChI is InChI=1S/C23H36N4O6S2/c1-13(2)10-18(22(31)27-19(12-34)23(32)33)26-21(30)17(8-9-35-3)25-20(29)16(24)11-14-4-6-15(28)7-5-14/h4-7,13,16-19,28,34H,8-12,24H2,1-3H3,(H,25,29)(H,26,30)(H,27,31)(H,32,33). The minimum Gasteiger partial charge on any atom is -0.508 e. The van der Waals surface area contributed by atoms with Crippen molar-refractivity contribution in [3.63, 3.8) is 0 Å².